The van der Waals surface area contributed by atoms with E-state index < -0.39 is 10.0 Å². The molecule has 6 nitrogen and oxygen atoms in total. The molecule has 0 saturated heterocycles. The minimum Gasteiger partial charge on any atom is -0.493 e. The Hall–Kier alpha value is -1.80. The maximum absolute atomic E-state index is 12.8. The van der Waals surface area contributed by atoms with Crippen LogP contribution in [0.1, 0.15) is 46.7 Å². The van der Waals surface area contributed by atoms with Gasteiger partial charge in [0.25, 0.3) is 0 Å². The van der Waals surface area contributed by atoms with Gasteiger partial charge < -0.3 is 9.47 Å². The average Bonchev–Trinajstić information content (AvgIpc) is 3.21. The van der Waals surface area contributed by atoms with E-state index in [1.54, 1.807) is 33.3 Å². The van der Waals surface area contributed by atoms with Gasteiger partial charge in [0.15, 0.2) is 11.5 Å². The van der Waals surface area contributed by atoms with Crippen molar-refractivity contribution in [1.82, 2.24) is 9.62 Å². The van der Waals surface area contributed by atoms with Gasteiger partial charge in [0.2, 0.25) is 10.0 Å². The predicted octanol–water partition coefficient (Wildman–Crippen LogP) is 4.19. The molecule has 1 unspecified atom stereocenters. The molecule has 0 aromatic heterocycles. The molecule has 2 aromatic rings. The normalized spacial score (nSPS) is 18.0. The summed E-state index contributed by atoms with van der Waals surface area (Å²) in [5.74, 6) is 1.68. The van der Waals surface area contributed by atoms with Crippen LogP contribution in [-0.4, -0.2) is 47.2 Å². The van der Waals surface area contributed by atoms with Crippen molar-refractivity contribution < 1.29 is 17.9 Å². The van der Waals surface area contributed by atoms with Gasteiger partial charge in [-0.15, -0.1) is 0 Å². The highest BCUT2D eigenvalue weighted by Crippen LogP contribution is 2.48. The van der Waals surface area contributed by atoms with Crippen LogP contribution in [0.3, 0.4) is 0 Å². The molecule has 1 heterocycles. The van der Waals surface area contributed by atoms with Crippen molar-refractivity contribution in [2.24, 2.45) is 0 Å². The first-order valence-corrected chi connectivity index (χ1v) is 12.9. The molecule has 174 valence electrons. The molecule has 2 aliphatic rings. The summed E-state index contributed by atoms with van der Waals surface area (Å²) in [7, 11) is -0.179. The van der Waals surface area contributed by atoms with Crippen LogP contribution >= 0.6 is 11.6 Å². The lowest BCUT2D eigenvalue weighted by Gasteiger charge is -2.35. The van der Waals surface area contributed by atoms with E-state index in [0.717, 1.165) is 55.8 Å². The molecule has 1 aliphatic carbocycles. The van der Waals surface area contributed by atoms with Crippen molar-refractivity contribution in [3.05, 3.63) is 51.0 Å². The summed E-state index contributed by atoms with van der Waals surface area (Å²) in [5.41, 5.74) is 5.43. The standard InChI is InChI=1S/C24H31ClN2O4S/c1-15-13-22(16(2)12-19(15)25)32(28,29)26-9-5-10-27-11-8-17-14-21(30-3)24(31-4)18-6-7-20(27)23(17)18/h12-14,20,26H,5-11H2,1-4H3. The molecule has 0 spiro atoms. The van der Waals surface area contributed by atoms with E-state index in [1.807, 2.05) is 6.92 Å². The molecule has 0 radical (unpaired) electrons. The van der Waals surface area contributed by atoms with E-state index in [0.29, 0.717) is 28.1 Å². The first-order chi connectivity index (χ1) is 15.3. The van der Waals surface area contributed by atoms with E-state index in [-0.39, 0.29) is 0 Å². The molecule has 1 atom stereocenters. The van der Waals surface area contributed by atoms with E-state index in [1.165, 1.54) is 16.7 Å². The van der Waals surface area contributed by atoms with Gasteiger partial charge in [0.05, 0.1) is 19.1 Å². The Kier molecular flexibility index (Phi) is 6.73. The van der Waals surface area contributed by atoms with Gasteiger partial charge in [-0.3, -0.25) is 4.90 Å². The summed E-state index contributed by atoms with van der Waals surface area (Å²) >= 11 is 6.12. The second kappa shape index (κ2) is 9.21. The highest BCUT2D eigenvalue weighted by molar-refractivity contribution is 7.89. The largest absolute Gasteiger partial charge is 0.493 e. The van der Waals surface area contributed by atoms with Gasteiger partial charge in [-0.2, -0.15) is 0 Å². The number of ether oxygens (including phenoxy) is 2. The Morgan fingerprint density at radius 3 is 2.62 bits per heavy atom. The van der Waals surface area contributed by atoms with Crippen LogP contribution in [0.15, 0.2) is 23.1 Å². The SMILES string of the molecule is COc1cc2c3c(c1OC)CCC3N(CCCNS(=O)(=O)c1cc(C)c(Cl)cc1C)CC2. The van der Waals surface area contributed by atoms with Crippen LogP contribution in [0, 0.1) is 13.8 Å². The highest BCUT2D eigenvalue weighted by Gasteiger charge is 2.36. The lowest BCUT2D eigenvalue weighted by molar-refractivity contribution is 0.184. The second-order valence-corrected chi connectivity index (χ2v) is 10.8. The number of benzene rings is 2. The molecule has 1 aliphatic heterocycles. The first kappa shape index (κ1) is 23.4. The lowest BCUT2D eigenvalue weighted by Crippen LogP contribution is -2.36. The fraction of sp³-hybridized carbons (Fsp3) is 0.500. The van der Waals surface area contributed by atoms with Gasteiger partial charge >= 0.3 is 0 Å². The fourth-order valence-corrected chi connectivity index (χ4v) is 6.70. The highest BCUT2D eigenvalue weighted by atomic mass is 35.5. The lowest BCUT2D eigenvalue weighted by atomic mass is 9.92. The Bertz CT molecular complexity index is 1130. The van der Waals surface area contributed by atoms with Gasteiger partial charge in [-0.1, -0.05) is 11.6 Å². The van der Waals surface area contributed by atoms with Crippen molar-refractivity contribution in [3.63, 3.8) is 0 Å². The summed E-state index contributed by atoms with van der Waals surface area (Å²) in [4.78, 5) is 2.78. The number of methoxy groups -OCH3 is 2. The third kappa shape index (κ3) is 4.23. The smallest absolute Gasteiger partial charge is 0.240 e. The first-order valence-electron chi connectivity index (χ1n) is 11.0. The number of halogens is 1. The summed E-state index contributed by atoms with van der Waals surface area (Å²) in [6, 6.07) is 5.84. The minimum atomic E-state index is -3.56. The number of aryl methyl sites for hydroxylation is 2. The number of nitrogens with one attached hydrogen (secondary N) is 1. The summed E-state index contributed by atoms with van der Waals surface area (Å²) in [6.07, 6.45) is 3.75. The number of rotatable bonds is 8. The molecule has 2 aromatic carbocycles. The number of sulfonamides is 1. The maximum Gasteiger partial charge on any atom is 0.240 e. The molecule has 4 rings (SSSR count). The van der Waals surface area contributed by atoms with Crippen LogP contribution in [0.25, 0.3) is 0 Å². The Morgan fingerprint density at radius 2 is 1.91 bits per heavy atom. The molecule has 0 fully saturated rings. The average molecular weight is 479 g/mol. The zero-order valence-electron chi connectivity index (χ0n) is 19.1. The molecule has 0 bridgehead atoms. The number of hydrogen-bond donors (Lipinski definition) is 1. The predicted molar refractivity (Wildman–Crippen MR) is 127 cm³/mol. The molecule has 0 saturated carbocycles. The number of hydrogen-bond acceptors (Lipinski definition) is 5. The third-order valence-electron chi connectivity index (χ3n) is 6.67. The monoisotopic (exact) mass is 478 g/mol. The third-order valence-corrected chi connectivity index (χ3v) is 8.68. The molecule has 1 N–H and O–H groups in total. The molecular formula is C24H31ClN2O4S. The summed E-state index contributed by atoms with van der Waals surface area (Å²) in [5, 5.41) is 0.581. The molecular weight excluding hydrogens is 448 g/mol. The Labute approximate surface area is 195 Å². The van der Waals surface area contributed by atoms with E-state index >= 15 is 0 Å². The molecule has 8 heteroatoms. The van der Waals surface area contributed by atoms with Crippen molar-refractivity contribution >= 4 is 21.6 Å². The minimum absolute atomic E-state index is 0.299. The Balaban J connectivity index is 1.41. The van der Waals surface area contributed by atoms with Crippen LogP contribution < -0.4 is 14.2 Å². The second-order valence-electron chi connectivity index (χ2n) is 8.62. The van der Waals surface area contributed by atoms with Gasteiger partial charge in [-0.25, -0.2) is 13.1 Å². The maximum atomic E-state index is 12.8. The van der Waals surface area contributed by atoms with Crippen LogP contribution in [0.2, 0.25) is 5.02 Å². The van der Waals surface area contributed by atoms with Gasteiger partial charge in [0, 0.05) is 36.3 Å². The Morgan fingerprint density at radius 1 is 1.12 bits per heavy atom. The van der Waals surface area contributed by atoms with E-state index in [2.05, 4.69) is 15.7 Å². The zero-order valence-corrected chi connectivity index (χ0v) is 20.7. The van der Waals surface area contributed by atoms with Crippen molar-refractivity contribution in [2.75, 3.05) is 33.9 Å². The topological polar surface area (TPSA) is 67.9 Å². The quantitative estimate of drug-likeness (QED) is 0.576. The fourth-order valence-electron chi connectivity index (χ4n) is 5.10. The molecule has 32 heavy (non-hydrogen) atoms. The van der Waals surface area contributed by atoms with Crippen LogP contribution in [0.4, 0.5) is 0 Å². The molecule has 0 amide bonds. The van der Waals surface area contributed by atoms with Crippen molar-refractivity contribution in [3.8, 4) is 11.5 Å². The zero-order chi connectivity index (χ0) is 23.0. The van der Waals surface area contributed by atoms with Gasteiger partial charge in [-0.05, 0) is 80.0 Å². The van der Waals surface area contributed by atoms with Crippen molar-refractivity contribution in [2.45, 2.75) is 50.5 Å². The van der Waals surface area contributed by atoms with Crippen LogP contribution in [0.5, 0.6) is 11.5 Å². The van der Waals surface area contributed by atoms with Crippen molar-refractivity contribution in [1.29, 1.82) is 0 Å². The van der Waals surface area contributed by atoms with Crippen LogP contribution in [-0.2, 0) is 22.9 Å². The van der Waals surface area contributed by atoms with E-state index in [4.69, 9.17) is 21.1 Å². The number of nitrogens with zero attached hydrogens (tertiary/aromatic N) is 1. The summed E-state index contributed by atoms with van der Waals surface area (Å²) < 4.78 is 39.6. The van der Waals surface area contributed by atoms with Gasteiger partial charge in [0.1, 0.15) is 0 Å². The summed E-state index contributed by atoms with van der Waals surface area (Å²) in [6.45, 7) is 5.80. The van der Waals surface area contributed by atoms with E-state index in [9.17, 15) is 8.42 Å².